The first-order chi connectivity index (χ1) is 15.2. The lowest BCUT2D eigenvalue weighted by Gasteiger charge is -2.40. The molecule has 32 heavy (non-hydrogen) atoms. The highest BCUT2D eigenvalue weighted by molar-refractivity contribution is 6.07. The van der Waals surface area contributed by atoms with Crippen molar-refractivity contribution in [1.29, 1.82) is 0 Å². The number of nitrogens with one attached hydrogen (secondary N) is 1. The Morgan fingerprint density at radius 2 is 1.78 bits per heavy atom. The molecule has 0 radical (unpaired) electrons. The number of benzene rings is 1. The van der Waals surface area contributed by atoms with E-state index < -0.39 is 5.54 Å². The smallest absolute Gasteiger partial charge is 0.326 e. The van der Waals surface area contributed by atoms with E-state index in [9.17, 15) is 9.59 Å². The third-order valence-electron chi connectivity index (χ3n) is 7.90. The van der Waals surface area contributed by atoms with Crippen LogP contribution in [-0.4, -0.2) is 52.0 Å². The number of carbonyl (C=O) groups excluding carboxylic acids is 2. The summed E-state index contributed by atoms with van der Waals surface area (Å²) >= 11 is 0. The molecule has 3 amide bonds. The summed E-state index contributed by atoms with van der Waals surface area (Å²) in [6, 6.07) is 7.62. The zero-order valence-corrected chi connectivity index (χ0v) is 19.4. The summed E-state index contributed by atoms with van der Waals surface area (Å²) < 4.78 is 5.96. The molecule has 2 aliphatic heterocycles. The molecule has 2 aromatic rings. The minimum absolute atomic E-state index is 0.0315. The fourth-order valence-electron chi connectivity index (χ4n) is 5.71. The average molecular weight is 439 g/mol. The van der Waals surface area contributed by atoms with Gasteiger partial charge in [-0.25, -0.2) is 14.7 Å². The van der Waals surface area contributed by atoms with E-state index in [-0.39, 0.29) is 23.3 Å². The van der Waals surface area contributed by atoms with Crippen molar-refractivity contribution in [3.63, 3.8) is 0 Å². The van der Waals surface area contributed by atoms with Gasteiger partial charge in [0.25, 0.3) is 5.91 Å². The number of hydrogen-bond donors (Lipinski definition) is 1. The standard InChI is InChI=1S/C25H34N4O3/c1-24(2,3)18-8-12-25(13-9-18)22(30)29(23(31)27-25)16-28-14-10-17(11-15-28)21-26-19-6-4-5-7-20(19)32-21/h4-7,17-18H,8-16H2,1-3H3,(H,27,31). The average Bonchev–Trinajstić information content (AvgIpc) is 3.29. The molecular formula is C25H34N4O3. The maximum absolute atomic E-state index is 13.3. The molecule has 1 aliphatic carbocycles. The summed E-state index contributed by atoms with van der Waals surface area (Å²) in [6.45, 7) is 8.80. The lowest BCUT2D eigenvalue weighted by atomic mass is 9.67. The van der Waals surface area contributed by atoms with Crippen LogP contribution in [-0.2, 0) is 4.79 Å². The SMILES string of the molecule is CC(C)(C)C1CCC2(CC1)NC(=O)N(CN1CCC(c3nc4ccccc4o3)CC1)C2=O. The molecule has 172 valence electrons. The first-order valence-corrected chi connectivity index (χ1v) is 12.0. The van der Waals surface area contributed by atoms with E-state index in [4.69, 9.17) is 4.42 Å². The summed E-state index contributed by atoms with van der Waals surface area (Å²) in [6.07, 6.45) is 5.29. The molecule has 7 heteroatoms. The Morgan fingerprint density at radius 1 is 1.09 bits per heavy atom. The van der Waals surface area contributed by atoms with Crippen LogP contribution in [0, 0.1) is 11.3 Å². The van der Waals surface area contributed by atoms with Crippen molar-refractivity contribution < 1.29 is 14.0 Å². The highest BCUT2D eigenvalue weighted by Crippen LogP contribution is 2.43. The van der Waals surface area contributed by atoms with E-state index in [0.717, 1.165) is 68.6 Å². The van der Waals surface area contributed by atoms with Crippen LogP contribution in [0.5, 0.6) is 0 Å². The summed E-state index contributed by atoms with van der Waals surface area (Å²) in [4.78, 5) is 34.3. The number of rotatable bonds is 3. The molecule has 3 heterocycles. The number of urea groups is 1. The number of carbonyl (C=O) groups is 2. The number of hydrogen-bond acceptors (Lipinski definition) is 5. The second kappa shape index (κ2) is 7.87. The molecule has 0 atom stereocenters. The van der Waals surface area contributed by atoms with Crippen molar-refractivity contribution in [1.82, 2.24) is 20.1 Å². The molecule has 5 rings (SSSR count). The molecule has 0 bridgehead atoms. The predicted molar refractivity (Wildman–Crippen MR) is 122 cm³/mol. The van der Waals surface area contributed by atoms with Crippen LogP contribution in [0.4, 0.5) is 4.79 Å². The van der Waals surface area contributed by atoms with E-state index >= 15 is 0 Å². The number of nitrogens with zero attached hydrogens (tertiary/aromatic N) is 3. The van der Waals surface area contributed by atoms with E-state index in [1.54, 1.807) is 0 Å². The second-order valence-electron chi connectivity index (χ2n) is 10.9. The van der Waals surface area contributed by atoms with E-state index in [1.165, 1.54) is 4.90 Å². The third kappa shape index (κ3) is 3.81. The van der Waals surface area contributed by atoms with E-state index in [1.807, 2.05) is 24.3 Å². The van der Waals surface area contributed by atoms with Crippen LogP contribution >= 0.6 is 0 Å². The Labute approximate surface area is 189 Å². The molecule has 1 saturated carbocycles. The first kappa shape index (κ1) is 21.4. The van der Waals surface area contributed by atoms with Gasteiger partial charge >= 0.3 is 6.03 Å². The molecule has 7 nitrogen and oxygen atoms in total. The van der Waals surface area contributed by atoms with Crippen molar-refractivity contribution >= 4 is 23.0 Å². The van der Waals surface area contributed by atoms with Gasteiger partial charge in [0.15, 0.2) is 11.5 Å². The summed E-state index contributed by atoms with van der Waals surface area (Å²) in [5.41, 5.74) is 1.29. The van der Waals surface area contributed by atoms with Gasteiger partial charge in [-0.2, -0.15) is 0 Å². The van der Waals surface area contributed by atoms with Crippen molar-refractivity contribution in [2.24, 2.45) is 11.3 Å². The zero-order chi connectivity index (χ0) is 22.5. The van der Waals surface area contributed by atoms with Crippen molar-refractivity contribution in [2.75, 3.05) is 19.8 Å². The molecule has 1 N–H and O–H groups in total. The Balaban J connectivity index is 1.18. The summed E-state index contributed by atoms with van der Waals surface area (Å²) in [5, 5.41) is 3.07. The van der Waals surface area contributed by atoms with Gasteiger partial charge in [0, 0.05) is 19.0 Å². The number of fused-ring (bicyclic) bond motifs is 1. The lowest BCUT2D eigenvalue weighted by Crippen LogP contribution is -2.51. The zero-order valence-electron chi connectivity index (χ0n) is 19.4. The molecular weight excluding hydrogens is 404 g/mol. The summed E-state index contributed by atoms with van der Waals surface area (Å²) in [5.74, 6) is 1.64. The first-order valence-electron chi connectivity index (χ1n) is 12.0. The van der Waals surface area contributed by atoms with E-state index in [0.29, 0.717) is 12.6 Å². The minimum Gasteiger partial charge on any atom is -0.440 e. The number of para-hydroxylation sites is 2. The van der Waals surface area contributed by atoms with Crippen molar-refractivity contribution in [2.45, 2.75) is 70.8 Å². The van der Waals surface area contributed by atoms with Crippen LogP contribution in [0.1, 0.15) is 71.1 Å². The van der Waals surface area contributed by atoms with Gasteiger partial charge in [-0.05, 0) is 62.0 Å². The summed E-state index contributed by atoms with van der Waals surface area (Å²) in [7, 11) is 0. The van der Waals surface area contributed by atoms with E-state index in [2.05, 4.69) is 36.0 Å². The Kier molecular flexibility index (Phi) is 5.27. The second-order valence-corrected chi connectivity index (χ2v) is 10.9. The largest absolute Gasteiger partial charge is 0.440 e. The Morgan fingerprint density at radius 3 is 2.44 bits per heavy atom. The molecule has 3 aliphatic rings. The normalized spacial score (nSPS) is 28.1. The van der Waals surface area contributed by atoms with Crippen LogP contribution in [0.25, 0.3) is 11.1 Å². The van der Waals surface area contributed by atoms with Crippen LogP contribution in [0.15, 0.2) is 28.7 Å². The maximum Gasteiger partial charge on any atom is 0.326 e. The highest BCUT2D eigenvalue weighted by Gasteiger charge is 2.53. The molecule has 0 unspecified atom stereocenters. The fraction of sp³-hybridized carbons (Fsp3) is 0.640. The number of oxazole rings is 1. The molecule has 1 aromatic heterocycles. The highest BCUT2D eigenvalue weighted by atomic mass is 16.3. The number of amides is 3. The lowest BCUT2D eigenvalue weighted by molar-refractivity contribution is -0.134. The molecule has 1 spiro atoms. The number of likely N-dealkylation sites (tertiary alicyclic amines) is 1. The third-order valence-corrected chi connectivity index (χ3v) is 7.90. The van der Waals surface area contributed by atoms with Gasteiger partial charge in [0.1, 0.15) is 11.1 Å². The minimum atomic E-state index is -0.685. The van der Waals surface area contributed by atoms with Crippen molar-refractivity contribution in [3.05, 3.63) is 30.2 Å². The maximum atomic E-state index is 13.3. The van der Waals surface area contributed by atoms with Gasteiger partial charge in [-0.3, -0.25) is 9.69 Å². The topological polar surface area (TPSA) is 78.7 Å². The fourth-order valence-corrected chi connectivity index (χ4v) is 5.71. The van der Waals surface area contributed by atoms with Crippen LogP contribution < -0.4 is 5.32 Å². The quantitative estimate of drug-likeness (QED) is 0.714. The number of piperidine rings is 1. The van der Waals surface area contributed by atoms with Gasteiger partial charge in [0.2, 0.25) is 0 Å². The van der Waals surface area contributed by atoms with Crippen molar-refractivity contribution in [3.8, 4) is 0 Å². The van der Waals surface area contributed by atoms with Gasteiger partial charge in [-0.1, -0.05) is 32.9 Å². The van der Waals surface area contributed by atoms with Gasteiger partial charge < -0.3 is 9.73 Å². The Bertz CT molecular complexity index is 975. The monoisotopic (exact) mass is 438 g/mol. The number of imide groups is 1. The van der Waals surface area contributed by atoms with Gasteiger partial charge in [0.05, 0.1) is 6.67 Å². The predicted octanol–water partition coefficient (Wildman–Crippen LogP) is 4.49. The molecule has 2 saturated heterocycles. The molecule has 1 aromatic carbocycles. The number of aromatic nitrogens is 1. The molecule has 3 fully saturated rings. The Hall–Kier alpha value is -2.41. The van der Waals surface area contributed by atoms with Gasteiger partial charge in [-0.15, -0.1) is 0 Å². The van der Waals surface area contributed by atoms with Crippen LogP contribution in [0.3, 0.4) is 0 Å². The van der Waals surface area contributed by atoms with Crippen LogP contribution in [0.2, 0.25) is 0 Å².